The van der Waals surface area contributed by atoms with Gasteiger partial charge in [0.15, 0.2) is 14.8 Å². The minimum Gasteiger partial charge on any atom is -0.374 e. The third-order valence-electron chi connectivity index (χ3n) is 7.13. The van der Waals surface area contributed by atoms with Crippen molar-refractivity contribution in [3.05, 3.63) is 69.1 Å². The van der Waals surface area contributed by atoms with E-state index in [-0.39, 0.29) is 50.3 Å². The van der Waals surface area contributed by atoms with E-state index in [4.69, 9.17) is 0 Å². The molecule has 5 rings (SSSR count). The highest BCUT2D eigenvalue weighted by Crippen LogP contribution is 2.55. The number of aromatic nitrogens is 1. The van der Waals surface area contributed by atoms with Gasteiger partial charge >= 0.3 is 0 Å². The summed E-state index contributed by atoms with van der Waals surface area (Å²) in [4.78, 5) is 38.5. The molecule has 2 amide bonds. The third kappa shape index (κ3) is 3.65. The van der Waals surface area contributed by atoms with Crippen LogP contribution in [0.1, 0.15) is 57.7 Å². The highest BCUT2D eigenvalue weighted by Gasteiger charge is 2.67. The van der Waals surface area contributed by atoms with Gasteiger partial charge < -0.3 is 19.9 Å². The Morgan fingerprint density at radius 3 is 2.32 bits per heavy atom. The van der Waals surface area contributed by atoms with Gasteiger partial charge in [-0.15, -0.1) is 0 Å². The van der Waals surface area contributed by atoms with Crippen molar-refractivity contribution in [3.8, 4) is 0 Å². The molecule has 0 unspecified atom stereocenters. The second kappa shape index (κ2) is 7.78. The predicted octanol–water partition coefficient (Wildman–Crippen LogP) is 0.972. The third-order valence-corrected chi connectivity index (χ3v) is 10.2. The van der Waals surface area contributed by atoms with E-state index in [1.807, 2.05) is 31.2 Å². The van der Waals surface area contributed by atoms with Crippen molar-refractivity contribution in [1.29, 1.82) is 0 Å². The molecule has 180 valence electrons. The molecule has 1 aromatic carbocycles. The number of amides is 2. The van der Waals surface area contributed by atoms with Crippen LogP contribution in [0.5, 0.6) is 0 Å². The zero-order chi connectivity index (χ0) is 24.3. The standard InChI is InChI=1S/C24H27N3O6S/c1-16-2-4-17(5-3-16)14-25-20(28)18-6-7-19-22(30)26(12-13-27(19)21(18)29)15-23(8-9-23)34(32,33)24(31)10-11-24/h2-7,31H,8-15H2,1H3,(H,25,28). The van der Waals surface area contributed by atoms with Gasteiger partial charge in [0, 0.05) is 26.2 Å². The van der Waals surface area contributed by atoms with E-state index in [2.05, 4.69) is 5.32 Å². The first-order valence-corrected chi connectivity index (χ1v) is 12.9. The van der Waals surface area contributed by atoms with E-state index in [9.17, 15) is 27.9 Å². The first kappa shape index (κ1) is 22.8. The minimum atomic E-state index is -3.77. The van der Waals surface area contributed by atoms with Crippen molar-refractivity contribution < 1.29 is 23.1 Å². The lowest BCUT2D eigenvalue weighted by Gasteiger charge is -2.33. The lowest BCUT2D eigenvalue weighted by atomic mass is 10.1. The van der Waals surface area contributed by atoms with Crippen LogP contribution in [0.3, 0.4) is 0 Å². The Hall–Kier alpha value is -2.98. The van der Waals surface area contributed by atoms with Gasteiger partial charge in [0.2, 0.25) is 0 Å². The van der Waals surface area contributed by atoms with Crippen molar-refractivity contribution in [1.82, 2.24) is 14.8 Å². The predicted molar refractivity (Wildman–Crippen MR) is 124 cm³/mol. The van der Waals surface area contributed by atoms with Gasteiger partial charge in [-0.25, -0.2) is 8.42 Å². The van der Waals surface area contributed by atoms with Gasteiger partial charge in [-0.3, -0.25) is 14.4 Å². The van der Waals surface area contributed by atoms with Gasteiger partial charge in [0.1, 0.15) is 11.3 Å². The number of nitrogens with one attached hydrogen (secondary N) is 1. The van der Waals surface area contributed by atoms with Crippen LogP contribution in [-0.2, 0) is 22.9 Å². The van der Waals surface area contributed by atoms with Crippen LogP contribution < -0.4 is 10.9 Å². The highest BCUT2D eigenvalue weighted by atomic mass is 32.2. The average molecular weight is 486 g/mol. The van der Waals surface area contributed by atoms with E-state index in [1.54, 1.807) is 0 Å². The van der Waals surface area contributed by atoms with E-state index in [1.165, 1.54) is 21.6 Å². The number of rotatable bonds is 7. The first-order valence-electron chi connectivity index (χ1n) is 11.4. The maximum Gasteiger partial charge on any atom is 0.270 e. The Labute approximate surface area is 197 Å². The SMILES string of the molecule is Cc1ccc(CNC(=O)c2ccc3n(c2=O)CCN(CC2(S(=O)(=O)C4(O)CC4)CC2)C3=O)cc1. The Bertz CT molecular complexity index is 1340. The molecule has 0 bridgehead atoms. The zero-order valence-corrected chi connectivity index (χ0v) is 19.7. The molecule has 2 fully saturated rings. The largest absolute Gasteiger partial charge is 0.374 e. The summed E-state index contributed by atoms with van der Waals surface area (Å²) in [6.45, 7) is 2.58. The number of carbonyl (C=O) groups excluding carboxylic acids is 2. The van der Waals surface area contributed by atoms with Gasteiger partial charge in [0.25, 0.3) is 17.4 Å². The van der Waals surface area contributed by atoms with Crippen molar-refractivity contribution >= 4 is 21.7 Å². The van der Waals surface area contributed by atoms with Crippen LogP contribution in [0, 0.1) is 6.92 Å². The molecule has 2 saturated carbocycles. The van der Waals surface area contributed by atoms with Crippen molar-refractivity contribution in [3.63, 3.8) is 0 Å². The summed E-state index contributed by atoms with van der Waals surface area (Å²) in [6, 6.07) is 10.5. The van der Waals surface area contributed by atoms with Crippen LogP contribution in [0.15, 0.2) is 41.2 Å². The molecule has 1 aliphatic heterocycles. The van der Waals surface area contributed by atoms with E-state index in [0.717, 1.165) is 11.1 Å². The molecule has 2 N–H and O–H groups in total. The number of sulfone groups is 1. The fourth-order valence-corrected chi connectivity index (χ4v) is 6.97. The second-order valence-corrected chi connectivity index (χ2v) is 12.2. The maximum atomic E-state index is 13.1. The molecular formula is C24H27N3O6S. The number of hydrogen-bond donors (Lipinski definition) is 2. The summed E-state index contributed by atoms with van der Waals surface area (Å²) in [6.07, 6.45) is 1.29. The number of pyridine rings is 1. The monoisotopic (exact) mass is 485 g/mol. The minimum absolute atomic E-state index is 0.00343. The van der Waals surface area contributed by atoms with Crippen molar-refractivity contribution in [2.24, 2.45) is 0 Å². The molecule has 2 aromatic rings. The molecule has 34 heavy (non-hydrogen) atoms. The van der Waals surface area contributed by atoms with Gasteiger partial charge in [0.05, 0.1) is 4.75 Å². The molecule has 1 aromatic heterocycles. The normalized spacial score (nSPS) is 19.9. The summed E-state index contributed by atoms with van der Waals surface area (Å²) in [5, 5.41) is 13.0. The van der Waals surface area contributed by atoms with Gasteiger partial charge in [-0.2, -0.15) is 0 Å². The van der Waals surface area contributed by atoms with E-state index >= 15 is 0 Å². The van der Waals surface area contributed by atoms with Crippen LogP contribution >= 0.6 is 0 Å². The summed E-state index contributed by atoms with van der Waals surface area (Å²) in [5.41, 5.74) is 1.55. The Morgan fingerprint density at radius 1 is 1.03 bits per heavy atom. The topological polar surface area (TPSA) is 126 Å². The van der Waals surface area contributed by atoms with Crippen molar-refractivity contribution in [2.45, 2.75) is 55.4 Å². The fourth-order valence-electron chi connectivity index (χ4n) is 4.56. The maximum absolute atomic E-state index is 13.1. The van der Waals surface area contributed by atoms with Gasteiger partial charge in [-0.05, 0) is 50.3 Å². The molecule has 2 heterocycles. The summed E-state index contributed by atoms with van der Waals surface area (Å²) >= 11 is 0. The number of aryl methyl sites for hydroxylation is 1. The molecule has 0 atom stereocenters. The Balaban J connectivity index is 1.31. The van der Waals surface area contributed by atoms with Crippen LogP contribution in [0.4, 0.5) is 0 Å². The van der Waals surface area contributed by atoms with Crippen molar-refractivity contribution in [2.75, 3.05) is 13.1 Å². The molecule has 0 spiro atoms. The van der Waals surface area contributed by atoms with E-state index < -0.39 is 36.9 Å². The summed E-state index contributed by atoms with van der Waals surface area (Å²) in [7, 11) is -3.77. The Kier molecular flexibility index (Phi) is 5.21. The van der Waals surface area contributed by atoms with Crippen LogP contribution in [0.25, 0.3) is 0 Å². The molecule has 0 radical (unpaired) electrons. The number of hydrogen-bond acceptors (Lipinski definition) is 6. The molecule has 10 heteroatoms. The molecule has 0 saturated heterocycles. The average Bonchev–Trinajstić information content (AvgIpc) is 3.73. The number of fused-ring (bicyclic) bond motifs is 1. The summed E-state index contributed by atoms with van der Waals surface area (Å²) in [5.74, 6) is -0.962. The highest BCUT2D eigenvalue weighted by molar-refractivity contribution is 7.94. The fraction of sp³-hybridized carbons (Fsp3) is 0.458. The molecule has 3 aliphatic rings. The van der Waals surface area contributed by atoms with Crippen LogP contribution in [0.2, 0.25) is 0 Å². The smallest absolute Gasteiger partial charge is 0.270 e. The number of nitrogens with zero attached hydrogens (tertiary/aromatic N) is 2. The van der Waals surface area contributed by atoms with Crippen LogP contribution in [-0.4, -0.2) is 57.6 Å². The molecule has 9 nitrogen and oxygen atoms in total. The number of aliphatic hydroxyl groups is 1. The molecule has 2 aliphatic carbocycles. The lowest BCUT2D eigenvalue weighted by molar-refractivity contribution is 0.0693. The number of carbonyl (C=O) groups is 2. The van der Waals surface area contributed by atoms with E-state index in [0.29, 0.717) is 12.8 Å². The second-order valence-electron chi connectivity index (χ2n) is 9.62. The Morgan fingerprint density at radius 2 is 1.71 bits per heavy atom. The summed E-state index contributed by atoms with van der Waals surface area (Å²) < 4.78 is 26.0. The molecular weight excluding hydrogens is 458 g/mol. The zero-order valence-electron chi connectivity index (χ0n) is 18.9. The number of benzene rings is 1. The van der Waals surface area contributed by atoms with Gasteiger partial charge in [-0.1, -0.05) is 29.8 Å². The quantitative estimate of drug-likeness (QED) is 0.602. The lowest BCUT2D eigenvalue weighted by Crippen LogP contribution is -2.51. The first-order chi connectivity index (χ1) is 16.1.